The van der Waals surface area contributed by atoms with Gasteiger partial charge in [0.1, 0.15) is 17.4 Å². The Bertz CT molecular complexity index is 739. The second kappa shape index (κ2) is 7.60. The first-order valence-corrected chi connectivity index (χ1v) is 7.18. The van der Waals surface area contributed by atoms with Crippen LogP contribution in [0.3, 0.4) is 0 Å². The third-order valence-electron chi connectivity index (χ3n) is 3.59. The van der Waals surface area contributed by atoms with Gasteiger partial charge in [-0.3, -0.25) is 9.59 Å². The normalized spacial score (nSPS) is 11.8. The van der Waals surface area contributed by atoms with Crippen molar-refractivity contribution < 1.29 is 14.3 Å². The molecule has 1 atom stereocenters. The van der Waals surface area contributed by atoms with Crippen molar-refractivity contribution in [2.75, 3.05) is 20.8 Å². The Morgan fingerprint density at radius 3 is 2.65 bits per heavy atom. The molecule has 0 spiro atoms. The van der Waals surface area contributed by atoms with E-state index in [9.17, 15) is 9.59 Å². The minimum absolute atomic E-state index is 0.102. The van der Waals surface area contributed by atoms with E-state index in [-0.39, 0.29) is 23.8 Å². The molecule has 0 aliphatic carbocycles. The number of nitrogens with zero attached hydrogens (tertiary/aromatic N) is 1. The standard InChI is InChI=1S/C17H20N2O4/c1-19-10-6-8-13(17(19)21)16(20)18-11-15(23-3)12-7-4-5-9-14(12)22-2/h4-10,15H,11H2,1-3H3,(H,18,20)/t15-/m1/s1. The summed E-state index contributed by atoms with van der Waals surface area (Å²) >= 11 is 0. The Kier molecular flexibility index (Phi) is 5.54. The van der Waals surface area contributed by atoms with Crippen molar-refractivity contribution >= 4 is 5.91 Å². The van der Waals surface area contributed by atoms with Crippen LogP contribution in [-0.2, 0) is 11.8 Å². The number of carbonyl (C=O) groups excluding carboxylic acids is 1. The molecule has 0 aliphatic heterocycles. The average Bonchev–Trinajstić information content (AvgIpc) is 2.58. The molecular formula is C17H20N2O4. The van der Waals surface area contributed by atoms with Crippen molar-refractivity contribution in [3.05, 3.63) is 64.1 Å². The SMILES string of the molecule is COc1ccccc1[C@@H](CNC(=O)c1cccn(C)c1=O)OC. The van der Waals surface area contributed by atoms with Gasteiger partial charge in [-0.2, -0.15) is 0 Å². The lowest BCUT2D eigenvalue weighted by atomic mass is 10.1. The van der Waals surface area contributed by atoms with Crippen molar-refractivity contribution in [2.45, 2.75) is 6.10 Å². The Labute approximate surface area is 134 Å². The first kappa shape index (κ1) is 16.8. The van der Waals surface area contributed by atoms with E-state index in [1.54, 1.807) is 33.5 Å². The van der Waals surface area contributed by atoms with Crippen LogP contribution >= 0.6 is 0 Å². The maximum Gasteiger partial charge on any atom is 0.263 e. The lowest BCUT2D eigenvalue weighted by Gasteiger charge is -2.19. The Morgan fingerprint density at radius 2 is 1.96 bits per heavy atom. The monoisotopic (exact) mass is 316 g/mol. The lowest BCUT2D eigenvalue weighted by molar-refractivity contribution is 0.0817. The summed E-state index contributed by atoms with van der Waals surface area (Å²) in [6.07, 6.45) is 1.23. The van der Waals surface area contributed by atoms with E-state index in [0.717, 1.165) is 5.56 Å². The van der Waals surface area contributed by atoms with E-state index in [1.165, 1.54) is 10.6 Å². The highest BCUT2D eigenvalue weighted by molar-refractivity contribution is 5.93. The van der Waals surface area contributed by atoms with Gasteiger partial charge in [0.2, 0.25) is 0 Å². The summed E-state index contributed by atoms with van der Waals surface area (Å²) in [5.41, 5.74) is 0.597. The van der Waals surface area contributed by atoms with E-state index >= 15 is 0 Å². The van der Waals surface area contributed by atoms with Gasteiger partial charge in [0.05, 0.1) is 7.11 Å². The lowest BCUT2D eigenvalue weighted by Crippen LogP contribution is -2.34. The quantitative estimate of drug-likeness (QED) is 0.877. The van der Waals surface area contributed by atoms with Crippen LogP contribution in [0.2, 0.25) is 0 Å². The zero-order valence-electron chi connectivity index (χ0n) is 13.4. The third-order valence-corrected chi connectivity index (χ3v) is 3.59. The maximum absolute atomic E-state index is 12.2. The largest absolute Gasteiger partial charge is 0.496 e. The van der Waals surface area contributed by atoms with Crippen molar-refractivity contribution in [2.24, 2.45) is 7.05 Å². The Morgan fingerprint density at radius 1 is 1.22 bits per heavy atom. The summed E-state index contributed by atoms with van der Waals surface area (Å²) in [6.45, 7) is 0.230. The van der Waals surface area contributed by atoms with Crippen LogP contribution in [0, 0.1) is 0 Å². The number of ether oxygens (including phenoxy) is 2. The first-order chi connectivity index (χ1) is 11.1. The number of hydrogen-bond acceptors (Lipinski definition) is 4. The van der Waals surface area contributed by atoms with Gasteiger partial charge in [0, 0.05) is 32.5 Å². The molecule has 1 amide bonds. The number of rotatable bonds is 6. The average molecular weight is 316 g/mol. The van der Waals surface area contributed by atoms with Crippen molar-refractivity contribution in [1.82, 2.24) is 9.88 Å². The molecule has 0 fully saturated rings. The van der Waals surface area contributed by atoms with Crippen LogP contribution in [0.4, 0.5) is 0 Å². The van der Waals surface area contributed by atoms with Gasteiger partial charge in [0.15, 0.2) is 0 Å². The number of benzene rings is 1. The van der Waals surface area contributed by atoms with Crippen LogP contribution in [0.25, 0.3) is 0 Å². The molecule has 0 saturated carbocycles. The molecule has 1 aromatic heterocycles. The summed E-state index contributed by atoms with van der Waals surface area (Å²) in [6, 6.07) is 10.6. The molecule has 0 saturated heterocycles. The summed E-state index contributed by atoms with van der Waals surface area (Å²) in [4.78, 5) is 24.2. The second-order valence-electron chi connectivity index (χ2n) is 5.01. The van der Waals surface area contributed by atoms with Gasteiger partial charge in [-0.1, -0.05) is 18.2 Å². The highest BCUT2D eigenvalue weighted by atomic mass is 16.5. The molecule has 0 radical (unpaired) electrons. The van der Waals surface area contributed by atoms with E-state index < -0.39 is 5.91 Å². The molecule has 2 rings (SSSR count). The molecule has 122 valence electrons. The predicted molar refractivity (Wildman–Crippen MR) is 86.8 cm³/mol. The number of para-hydroxylation sites is 1. The smallest absolute Gasteiger partial charge is 0.263 e. The molecule has 1 N–H and O–H groups in total. The molecule has 2 aromatic rings. The summed E-state index contributed by atoms with van der Waals surface area (Å²) in [5.74, 6) is 0.257. The zero-order valence-corrected chi connectivity index (χ0v) is 13.4. The molecule has 0 unspecified atom stereocenters. The summed E-state index contributed by atoms with van der Waals surface area (Å²) in [5, 5.41) is 2.73. The molecule has 1 heterocycles. The number of amides is 1. The van der Waals surface area contributed by atoms with Crippen LogP contribution in [0.15, 0.2) is 47.4 Å². The molecule has 23 heavy (non-hydrogen) atoms. The molecular weight excluding hydrogens is 296 g/mol. The van der Waals surface area contributed by atoms with Crippen molar-refractivity contribution in [1.29, 1.82) is 0 Å². The van der Waals surface area contributed by atoms with Crippen LogP contribution in [-0.4, -0.2) is 31.2 Å². The van der Waals surface area contributed by atoms with Crippen molar-refractivity contribution in [3.63, 3.8) is 0 Å². The summed E-state index contributed by atoms with van der Waals surface area (Å²) < 4.78 is 12.1. The van der Waals surface area contributed by atoms with Gasteiger partial charge >= 0.3 is 0 Å². The fourth-order valence-corrected chi connectivity index (χ4v) is 2.30. The molecule has 6 nitrogen and oxygen atoms in total. The Balaban J connectivity index is 2.13. The fraction of sp³-hybridized carbons (Fsp3) is 0.294. The molecule has 6 heteroatoms. The zero-order chi connectivity index (χ0) is 16.8. The number of pyridine rings is 1. The topological polar surface area (TPSA) is 69.6 Å². The second-order valence-corrected chi connectivity index (χ2v) is 5.01. The fourth-order valence-electron chi connectivity index (χ4n) is 2.30. The van der Waals surface area contributed by atoms with E-state index in [4.69, 9.17) is 9.47 Å². The highest BCUT2D eigenvalue weighted by Crippen LogP contribution is 2.26. The molecule has 0 aliphatic rings. The Hall–Kier alpha value is -2.60. The number of nitrogens with one attached hydrogen (secondary N) is 1. The minimum atomic E-state index is -0.428. The third kappa shape index (κ3) is 3.78. The molecule has 1 aromatic carbocycles. The van der Waals surface area contributed by atoms with Crippen molar-refractivity contribution in [3.8, 4) is 5.75 Å². The number of aromatic nitrogens is 1. The van der Waals surface area contributed by atoms with Gasteiger partial charge < -0.3 is 19.4 Å². The number of carbonyl (C=O) groups is 1. The van der Waals surface area contributed by atoms with E-state index in [1.807, 2.05) is 24.3 Å². The van der Waals surface area contributed by atoms with Crippen LogP contribution < -0.4 is 15.6 Å². The number of aryl methyl sites for hydroxylation is 1. The number of methoxy groups -OCH3 is 2. The summed E-state index contributed by atoms with van der Waals surface area (Å²) in [7, 11) is 4.74. The van der Waals surface area contributed by atoms with Crippen LogP contribution in [0.1, 0.15) is 22.0 Å². The van der Waals surface area contributed by atoms with Gasteiger partial charge in [-0.05, 0) is 18.2 Å². The molecule has 0 bridgehead atoms. The minimum Gasteiger partial charge on any atom is -0.496 e. The predicted octanol–water partition coefficient (Wildman–Crippen LogP) is 1.51. The van der Waals surface area contributed by atoms with Gasteiger partial charge in [-0.25, -0.2) is 0 Å². The van der Waals surface area contributed by atoms with Gasteiger partial charge in [-0.15, -0.1) is 0 Å². The van der Waals surface area contributed by atoms with Crippen LogP contribution in [0.5, 0.6) is 5.75 Å². The van der Waals surface area contributed by atoms with Gasteiger partial charge in [0.25, 0.3) is 11.5 Å². The van der Waals surface area contributed by atoms with E-state index in [2.05, 4.69) is 5.32 Å². The maximum atomic E-state index is 12.2. The first-order valence-electron chi connectivity index (χ1n) is 7.18. The highest BCUT2D eigenvalue weighted by Gasteiger charge is 2.18. The van der Waals surface area contributed by atoms with E-state index in [0.29, 0.717) is 5.75 Å². The number of hydrogen-bond donors (Lipinski definition) is 1.